The molecule has 1 fully saturated rings. The highest BCUT2D eigenvalue weighted by Gasteiger charge is 2.29. The lowest BCUT2D eigenvalue weighted by molar-refractivity contribution is 0.388. The average Bonchev–Trinajstić information content (AvgIpc) is 3.22. The standard InChI is InChI=1S/C14H12Cl2N2O2/c1-7-10(15)5-4-9(8-2-3-8)13(7)20-14-11(19)6-12(16)17-18-14/h4-6,8H,2-3H2,1H3,(H,17,19). The van der Waals surface area contributed by atoms with E-state index in [1.54, 1.807) is 0 Å². The fourth-order valence-corrected chi connectivity index (χ4v) is 2.35. The van der Waals surface area contributed by atoms with Crippen molar-refractivity contribution in [3.05, 3.63) is 39.5 Å². The predicted molar refractivity (Wildman–Crippen MR) is 76.9 cm³/mol. The Kier molecular flexibility index (Phi) is 3.44. The summed E-state index contributed by atoms with van der Waals surface area (Å²) in [7, 11) is 0. The summed E-state index contributed by atoms with van der Waals surface area (Å²) in [6.45, 7) is 1.88. The van der Waals surface area contributed by atoms with Crippen LogP contribution in [-0.4, -0.2) is 15.3 Å². The van der Waals surface area contributed by atoms with Crippen LogP contribution in [0.1, 0.15) is 29.9 Å². The molecule has 20 heavy (non-hydrogen) atoms. The van der Waals surface area contributed by atoms with Crippen molar-refractivity contribution < 1.29 is 9.84 Å². The first-order valence-electron chi connectivity index (χ1n) is 6.25. The Morgan fingerprint density at radius 2 is 2.00 bits per heavy atom. The number of rotatable bonds is 3. The molecular weight excluding hydrogens is 299 g/mol. The van der Waals surface area contributed by atoms with E-state index < -0.39 is 0 Å². The van der Waals surface area contributed by atoms with Crippen molar-refractivity contribution in [3.8, 4) is 17.4 Å². The number of hydrogen-bond acceptors (Lipinski definition) is 4. The fraction of sp³-hybridized carbons (Fsp3) is 0.286. The van der Waals surface area contributed by atoms with Crippen molar-refractivity contribution in [2.75, 3.05) is 0 Å². The Morgan fingerprint density at radius 1 is 1.25 bits per heavy atom. The molecule has 6 heteroatoms. The Balaban J connectivity index is 2.03. The molecule has 0 amide bonds. The van der Waals surface area contributed by atoms with Crippen LogP contribution in [0.3, 0.4) is 0 Å². The molecule has 0 saturated heterocycles. The van der Waals surface area contributed by atoms with Gasteiger partial charge < -0.3 is 9.84 Å². The van der Waals surface area contributed by atoms with E-state index in [9.17, 15) is 5.11 Å². The zero-order chi connectivity index (χ0) is 14.3. The highest BCUT2D eigenvalue weighted by Crippen LogP contribution is 2.48. The number of hydrogen-bond donors (Lipinski definition) is 1. The maximum absolute atomic E-state index is 9.81. The van der Waals surface area contributed by atoms with E-state index in [0.29, 0.717) is 16.7 Å². The van der Waals surface area contributed by atoms with Crippen LogP contribution in [0.4, 0.5) is 0 Å². The van der Waals surface area contributed by atoms with Crippen LogP contribution in [-0.2, 0) is 0 Å². The van der Waals surface area contributed by atoms with Crippen LogP contribution in [0.15, 0.2) is 18.2 Å². The minimum atomic E-state index is -0.147. The zero-order valence-electron chi connectivity index (χ0n) is 10.7. The molecule has 104 valence electrons. The van der Waals surface area contributed by atoms with Crippen molar-refractivity contribution in [3.63, 3.8) is 0 Å². The van der Waals surface area contributed by atoms with Gasteiger partial charge in [-0.15, -0.1) is 10.2 Å². The molecule has 0 atom stereocenters. The minimum Gasteiger partial charge on any atom is -0.503 e. The molecule has 1 aromatic heterocycles. The third-order valence-corrected chi connectivity index (χ3v) is 3.89. The number of ether oxygens (including phenoxy) is 1. The first-order chi connectivity index (χ1) is 9.56. The van der Waals surface area contributed by atoms with Gasteiger partial charge in [-0.1, -0.05) is 29.3 Å². The SMILES string of the molecule is Cc1c(Cl)ccc(C2CC2)c1Oc1nnc(Cl)cc1O. The minimum absolute atomic E-state index is 0.0293. The summed E-state index contributed by atoms with van der Waals surface area (Å²) in [6.07, 6.45) is 2.27. The summed E-state index contributed by atoms with van der Waals surface area (Å²) >= 11 is 11.8. The second-order valence-electron chi connectivity index (χ2n) is 4.82. The van der Waals surface area contributed by atoms with Gasteiger partial charge in [0.05, 0.1) is 0 Å². The molecule has 1 saturated carbocycles. The van der Waals surface area contributed by atoms with Gasteiger partial charge in [-0.2, -0.15) is 0 Å². The molecule has 2 aromatic rings. The lowest BCUT2D eigenvalue weighted by Crippen LogP contribution is -1.97. The molecule has 0 bridgehead atoms. The van der Waals surface area contributed by atoms with Crippen LogP contribution < -0.4 is 4.74 Å². The second kappa shape index (κ2) is 5.11. The molecule has 0 radical (unpaired) electrons. The number of benzene rings is 1. The smallest absolute Gasteiger partial charge is 0.281 e. The van der Waals surface area contributed by atoms with Gasteiger partial charge in [-0.05, 0) is 37.3 Å². The highest BCUT2D eigenvalue weighted by molar-refractivity contribution is 6.31. The fourth-order valence-electron chi connectivity index (χ4n) is 2.06. The zero-order valence-corrected chi connectivity index (χ0v) is 12.2. The Hall–Kier alpha value is -1.52. The first-order valence-corrected chi connectivity index (χ1v) is 7.01. The number of aromatic hydroxyl groups is 1. The van der Waals surface area contributed by atoms with Gasteiger partial charge in [0.25, 0.3) is 5.88 Å². The Labute approximate surface area is 126 Å². The molecule has 1 heterocycles. The van der Waals surface area contributed by atoms with Crippen LogP contribution in [0, 0.1) is 6.92 Å². The maximum atomic E-state index is 9.81. The monoisotopic (exact) mass is 310 g/mol. The normalized spacial score (nSPS) is 14.3. The Bertz CT molecular complexity index is 672. The van der Waals surface area contributed by atoms with Crippen molar-refractivity contribution in [2.24, 2.45) is 0 Å². The molecule has 3 rings (SSSR count). The van der Waals surface area contributed by atoms with Crippen molar-refractivity contribution in [1.82, 2.24) is 10.2 Å². The van der Waals surface area contributed by atoms with E-state index >= 15 is 0 Å². The van der Waals surface area contributed by atoms with Gasteiger partial charge in [0.1, 0.15) is 5.75 Å². The second-order valence-corrected chi connectivity index (χ2v) is 5.62. The molecule has 1 aliphatic carbocycles. The summed E-state index contributed by atoms with van der Waals surface area (Å²) in [4.78, 5) is 0. The van der Waals surface area contributed by atoms with Gasteiger partial charge in [-0.25, -0.2) is 0 Å². The third-order valence-electron chi connectivity index (χ3n) is 3.30. The van der Waals surface area contributed by atoms with E-state index in [4.69, 9.17) is 27.9 Å². The van der Waals surface area contributed by atoms with Crippen LogP contribution in [0.25, 0.3) is 0 Å². The summed E-state index contributed by atoms with van der Waals surface area (Å²) in [5, 5.41) is 18.0. The average molecular weight is 311 g/mol. The van der Waals surface area contributed by atoms with Crippen LogP contribution in [0.5, 0.6) is 17.4 Å². The molecule has 1 aromatic carbocycles. The van der Waals surface area contributed by atoms with Gasteiger partial charge in [0.2, 0.25) is 0 Å². The molecule has 0 spiro atoms. The first kappa shape index (κ1) is 13.5. The molecular formula is C14H12Cl2N2O2. The number of aromatic nitrogens is 2. The molecule has 0 aliphatic heterocycles. The lowest BCUT2D eigenvalue weighted by atomic mass is 10.1. The van der Waals surface area contributed by atoms with Gasteiger partial charge in [0, 0.05) is 16.7 Å². The summed E-state index contributed by atoms with van der Waals surface area (Å²) in [5.74, 6) is 1.02. The van der Waals surface area contributed by atoms with Gasteiger partial charge >= 0.3 is 0 Å². The highest BCUT2D eigenvalue weighted by atomic mass is 35.5. The molecule has 4 nitrogen and oxygen atoms in total. The van der Waals surface area contributed by atoms with Crippen molar-refractivity contribution >= 4 is 23.2 Å². The van der Waals surface area contributed by atoms with Crippen LogP contribution >= 0.6 is 23.2 Å². The van der Waals surface area contributed by atoms with E-state index in [-0.39, 0.29) is 16.8 Å². The van der Waals surface area contributed by atoms with Gasteiger partial charge in [-0.3, -0.25) is 0 Å². The Morgan fingerprint density at radius 3 is 2.65 bits per heavy atom. The van der Waals surface area contributed by atoms with Crippen LogP contribution in [0.2, 0.25) is 10.2 Å². The van der Waals surface area contributed by atoms with Crippen molar-refractivity contribution in [2.45, 2.75) is 25.7 Å². The predicted octanol–water partition coefficient (Wildman–Crippen LogP) is 4.47. The summed E-state index contributed by atoms with van der Waals surface area (Å²) < 4.78 is 5.74. The number of halogens is 2. The largest absolute Gasteiger partial charge is 0.503 e. The molecule has 0 unspecified atom stereocenters. The summed E-state index contributed by atoms with van der Waals surface area (Å²) in [6, 6.07) is 5.12. The van der Waals surface area contributed by atoms with E-state index in [2.05, 4.69) is 10.2 Å². The quantitative estimate of drug-likeness (QED) is 0.909. The number of nitrogens with zero attached hydrogens (tertiary/aromatic N) is 2. The van der Waals surface area contributed by atoms with Gasteiger partial charge in [0.15, 0.2) is 10.9 Å². The molecule has 1 N–H and O–H groups in total. The van der Waals surface area contributed by atoms with E-state index in [1.165, 1.54) is 6.07 Å². The summed E-state index contributed by atoms with van der Waals surface area (Å²) in [5.41, 5.74) is 1.91. The maximum Gasteiger partial charge on any atom is 0.281 e. The van der Waals surface area contributed by atoms with E-state index in [0.717, 1.165) is 24.0 Å². The molecule has 1 aliphatic rings. The van der Waals surface area contributed by atoms with E-state index in [1.807, 2.05) is 19.1 Å². The topological polar surface area (TPSA) is 55.2 Å². The third kappa shape index (κ3) is 2.53. The van der Waals surface area contributed by atoms with Crippen molar-refractivity contribution in [1.29, 1.82) is 0 Å². The lowest BCUT2D eigenvalue weighted by Gasteiger charge is -2.14.